The van der Waals surface area contributed by atoms with E-state index in [1.54, 1.807) is 7.11 Å². The molecule has 0 aromatic heterocycles. The van der Waals surface area contributed by atoms with Crippen molar-refractivity contribution in [2.75, 3.05) is 26.7 Å². The highest BCUT2D eigenvalue weighted by Crippen LogP contribution is 2.14. The smallest absolute Gasteiger partial charge is 0.227 e. The molecule has 1 atom stereocenters. The van der Waals surface area contributed by atoms with Gasteiger partial charge in [0.05, 0.1) is 13.5 Å². The van der Waals surface area contributed by atoms with Crippen LogP contribution in [-0.2, 0) is 11.2 Å². The number of hydrogen-bond acceptors (Lipinski definition) is 3. The van der Waals surface area contributed by atoms with Crippen molar-refractivity contribution < 1.29 is 9.53 Å². The minimum Gasteiger partial charge on any atom is -0.497 e. The van der Waals surface area contributed by atoms with Crippen LogP contribution in [0.4, 0.5) is 0 Å². The molecule has 4 heteroatoms. The Bertz CT molecular complexity index is 442. The lowest BCUT2D eigenvalue weighted by molar-refractivity contribution is -0.131. The first-order valence-electron chi connectivity index (χ1n) is 7.24. The predicted octanol–water partition coefficient (Wildman–Crippen LogP) is 1.69. The van der Waals surface area contributed by atoms with Crippen LogP contribution in [-0.4, -0.2) is 43.6 Å². The topological polar surface area (TPSA) is 41.6 Å². The predicted molar refractivity (Wildman–Crippen MR) is 79.9 cm³/mol. The van der Waals surface area contributed by atoms with Crippen LogP contribution in [0.3, 0.4) is 0 Å². The first-order valence-corrected chi connectivity index (χ1v) is 7.24. The van der Waals surface area contributed by atoms with Gasteiger partial charge in [0.15, 0.2) is 0 Å². The molecule has 1 fully saturated rings. The summed E-state index contributed by atoms with van der Waals surface area (Å²) in [7, 11) is 1.65. The number of ether oxygens (including phenoxy) is 1. The fraction of sp³-hybridized carbons (Fsp3) is 0.562. The van der Waals surface area contributed by atoms with Crippen molar-refractivity contribution in [2.45, 2.75) is 26.3 Å². The molecule has 1 aliphatic heterocycles. The van der Waals surface area contributed by atoms with E-state index in [1.807, 2.05) is 29.2 Å². The summed E-state index contributed by atoms with van der Waals surface area (Å²) in [6.07, 6.45) is 0.467. The number of piperazine rings is 1. The second kappa shape index (κ2) is 6.75. The molecule has 1 unspecified atom stereocenters. The molecule has 20 heavy (non-hydrogen) atoms. The number of rotatable bonds is 4. The fourth-order valence-electron chi connectivity index (χ4n) is 2.48. The van der Waals surface area contributed by atoms with E-state index in [-0.39, 0.29) is 5.91 Å². The third-order valence-electron chi connectivity index (χ3n) is 3.88. The number of nitrogens with one attached hydrogen (secondary N) is 1. The first-order chi connectivity index (χ1) is 9.60. The van der Waals surface area contributed by atoms with Crippen LogP contribution < -0.4 is 10.1 Å². The van der Waals surface area contributed by atoms with Gasteiger partial charge < -0.3 is 15.0 Å². The molecule has 1 aromatic rings. The highest BCUT2D eigenvalue weighted by Gasteiger charge is 2.24. The quantitative estimate of drug-likeness (QED) is 0.910. The van der Waals surface area contributed by atoms with E-state index >= 15 is 0 Å². The average molecular weight is 276 g/mol. The monoisotopic (exact) mass is 276 g/mol. The van der Waals surface area contributed by atoms with Crippen molar-refractivity contribution in [3.8, 4) is 5.75 Å². The molecule has 1 heterocycles. The van der Waals surface area contributed by atoms with E-state index in [1.165, 1.54) is 0 Å². The maximum absolute atomic E-state index is 12.4. The minimum atomic E-state index is 0.210. The molecule has 1 aliphatic rings. The van der Waals surface area contributed by atoms with E-state index in [4.69, 9.17) is 4.74 Å². The number of hydrogen-bond donors (Lipinski definition) is 1. The molecule has 1 amide bonds. The third-order valence-corrected chi connectivity index (χ3v) is 3.88. The van der Waals surface area contributed by atoms with E-state index in [0.717, 1.165) is 30.9 Å². The summed E-state index contributed by atoms with van der Waals surface area (Å²) in [5.74, 6) is 1.58. The Kier molecular flexibility index (Phi) is 5.01. The Morgan fingerprint density at radius 2 is 2.10 bits per heavy atom. The van der Waals surface area contributed by atoms with Gasteiger partial charge in [-0.25, -0.2) is 0 Å². The molecule has 0 saturated carbocycles. The van der Waals surface area contributed by atoms with E-state index in [9.17, 15) is 4.79 Å². The van der Waals surface area contributed by atoms with Gasteiger partial charge in [0.1, 0.15) is 5.75 Å². The molecule has 0 bridgehead atoms. The summed E-state index contributed by atoms with van der Waals surface area (Å²) in [5.41, 5.74) is 1.04. The molecule has 1 saturated heterocycles. The van der Waals surface area contributed by atoms with Gasteiger partial charge in [0, 0.05) is 25.7 Å². The van der Waals surface area contributed by atoms with E-state index in [0.29, 0.717) is 18.4 Å². The lowest BCUT2D eigenvalue weighted by Crippen LogP contribution is -2.54. The van der Waals surface area contributed by atoms with Crippen LogP contribution in [0.5, 0.6) is 5.75 Å². The van der Waals surface area contributed by atoms with Crippen molar-refractivity contribution in [2.24, 2.45) is 5.92 Å². The van der Waals surface area contributed by atoms with Crippen molar-refractivity contribution in [1.82, 2.24) is 10.2 Å². The third kappa shape index (κ3) is 3.73. The van der Waals surface area contributed by atoms with Crippen molar-refractivity contribution in [1.29, 1.82) is 0 Å². The number of amides is 1. The molecule has 0 aliphatic carbocycles. The Labute approximate surface area is 121 Å². The molecular weight excluding hydrogens is 252 g/mol. The van der Waals surface area contributed by atoms with Crippen LogP contribution in [0.25, 0.3) is 0 Å². The van der Waals surface area contributed by atoms with Gasteiger partial charge in [-0.3, -0.25) is 4.79 Å². The van der Waals surface area contributed by atoms with Crippen molar-refractivity contribution >= 4 is 5.91 Å². The van der Waals surface area contributed by atoms with Gasteiger partial charge in [-0.05, 0) is 23.6 Å². The summed E-state index contributed by atoms with van der Waals surface area (Å²) in [5, 5.41) is 3.47. The second-order valence-electron chi connectivity index (χ2n) is 5.67. The van der Waals surface area contributed by atoms with Gasteiger partial charge in [-0.15, -0.1) is 0 Å². The lowest BCUT2D eigenvalue weighted by Gasteiger charge is -2.35. The molecule has 1 N–H and O–H groups in total. The van der Waals surface area contributed by atoms with Crippen LogP contribution in [0.1, 0.15) is 19.4 Å². The fourth-order valence-corrected chi connectivity index (χ4v) is 2.48. The van der Waals surface area contributed by atoms with Crippen LogP contribution in [0.2, 0.25) is 0 Å². The zero-order chi connectivity index (χ0) is 14.5. The van der Waals surface area contributed by atoms with Crippen molar-refractivity contribution in [3.05, 3.63) is 29.8 Å². The number of nitrogens with zero attached hydrogens (tertiary/aromatic N) is 1. The second-order valence-corrected chi connectivity index (χ2v) is 5.67. The molecule has 1 aromatic carbocycles. The van der Waals surface area contributed by atoms with Crippen LogP contribution in [0.15, 0.2) is 24.3 Å². The number of carbonyl (C=O) groups is 1. The Morgan fingerprint density at radius 3 is 2.70 bits per heavy atom. The minimum absolute atomic E-state index is 0.210. The van der Waals surface area contributed by atoms with Gasteiger partial charge in [-0.1, -0.05) is 26.0 Å². The SMILES string of the molecule is COc1ccc(CC(=O)N2CCNC(C(C)C)C2)cc1. The molecule has 0 radical (unpaired) electrons. The summed E-state index contributed by atoms with van der Waals surface area (Å²) in [6.45, 7) is 6.88. The maximum Gasteiger partial charge on any atom is 0.227 e. The molecule has 2 rings (SSSR count). The molecular formula is C16H24N2O2. The average Bonchev–Trinajstić information content (AvgIpc) is 2.48. The number of benzene rings is 1. The van der Waals surface area contributed by atoms with E-state index in [2.05, 4.69) is 19.2 Å². The largest absolute Gasteiger partial charge is 0.497 e. The summed E-state index contributed by atoms with van der Waals surface area (Å²) < 4.78 is 5.13. The summed E-state index contributed by atoms with van der Waals surface area (Å²) in [4.78, 5) is 14.3. The number of carbonyl (C=O) groups excluding carboxylic acids is 1. The highest BCUT2D eigenvalue weighted by atomic mass is 16.5. The summed E-state index contributed by atoms with van der Waals surface area (Å²) >= 11 is 0. The standard InChI is InChI=1S/C16H24N2O2/c1-12(2)15-11-18(9-8-17-15)16(19)10-13-4-6-14(20-3)7-5-13/h4-7,12,15,17H,8-11H2,1-3H3. The summed E-state index contributed by atoms with van der Waals surface area (Å²) in [6, 6.07) is 8.12. The Balaban J connectivity index is 1.93. The highest BCUT2D eigenvalue weighted by molar-refractivity contribution is 5.79. The normalized spacial score (nSPS) is 19.2. The van der Waals surface area contributed by atoms with Gasteiger partial charge in [0.2, 0.25) is 5.91 Å². The molecule has 110 valence electrons. The first kappa shape index (κ1) is 14.9. The van der Waals surface area contributed by atoms with E-state index < -0.39 is 0 Å². The molecule has 4 nitrogen and oxygen atoms in total. The maximum atomic E-state index is 12.4. The lowest BCUT2D eigenvalue weighted by atomic mass is 10.0. The number of methoxy groups -OCH3 is 1. The van der Waals surface area contributed by atoms with Gasteiger partial charge in [-0.2, -0.15) is 0 Å². The molecule has 0 spiro atoms. The zero-order valence-electron chi connectivity index (χ0n) is 12.6. The zero-order valence-corrected chi connectivity index (χ0v) is 12.6. The van der Waals surface area contributed by atoms with Crippen LogP contribution >= 0.6 is 0 Å². The Hall–Kier alpha value is -1.55. The van der Waals surface area contributed by atoms with Crippen LogP contribution in [0, 0.1) is 5.92 Å². The Morgan fingerprint density at radius 1 is 1.40 bits per heavy atom. The van der Waals surface area contributed by atoms with Gasteiger partial charge in [0.25, 0.3) is 0 Å². The van der Waals surface area contributed by atoms with Crippen molar-refractivity contribution in [3.63, 3.8) is 0 Å². The van der Waals surface area contributed by atoms with Gasteiger partial charge >= 0.3 is 0 Å².